The van der Waals surface area contributed by atoms with Crippen molar-refractivity contribution in [2.75, 3.05) is 24.7 Å². The number of fused-ring (bicyclic) bond motifs is 1. The van der Waals surface area contributed by atoms with Crippen LogP contribution in [0.3, 0.4) is 0 Å². The summed E-state index contributed by atoms with van der Waals surface area (Å²) in [7, 11) is 0. The molecule has 172 valence electrons. The van der Waals surface area contributed by atoms with Gasteiger partial charge in [-0.1, -0.05) is 16.5 Å². The average Bonchev–Trinajstić information content (AvgIpc) is 3.07. The predicted molar refractivity (Wildman–Crippen MR) is 119 cm³/mol. The van der Waals surface area contributed by atoms with Crippen molar-refractivity contribution < 1.29 is 33.9 Å². The van der Waals surface area contributed by atoms with E-state index in [2.05, 4.69) is 31.4 Å². The number of thioether (sulfide) groups is 1. The van der Waals surface area contributed by atoms with Gasteiger partial charge < -0.3 is 25.7 Å². The lowest BCUT2D eigenvalue weighted by atomic mass is 10.0. The van der Waals surface area contributed by atoms with E-state index in [-0.39, 0.29) is 41.2 Å². The molecule has 1 aromatic rings. The zero-order valence-corrected chi connectivity index (χ0v) is 20.0. The second kappa shape index (κ2) is 9.87. The summed E-state index contributed by atoms with van der Waals surface area (Å²) < 4.78 is 5.36. The van der Waals surface area contributed by atoms with Gasteiger partial charge in [-0.15, -0.1) is 11.8 Å². The Bertz CT molecular complexity index is 1040. The molecule has 15 heteroatoms. The standard InChI is InChI=1S/C17H18BrN5O7S2/c1-3-30-22-9(8-12(18)32-17(19)21-8)13(25)20-10-14(26)23-11(16(27)28)7(4-29-6(2)24)5-31-15(10)23/h10,15H,3-5H2,1-2H3,(H2,19,21)(H,20,25)(H,27,28)/t10-,15-/m1/s1. The molecular formula is C17H18BrN5O7S2. The fourth-order valence-electron chi connectivity index (χ4n) is 2.98. The van der Waals surface area contributed by atoms with Crippen LogP contribution in [0.4, 0.5) is 5.13 Å². The monoisotopic (exact) mass is 547 g/mol. The van der Waals surface area contributed by atoms with Gasteiger partial charge in [0.2, 0.25) is 0 Å². The smallest absolute Gasteiger partial charge is 0.352 e. The van der Waals surface area contributed by atoms with Crippen LogP contribution in [0.1, 0.15) is 19.5 Å². The Balaban J connectivity index is 1.80. The van der Waals surface area contributed by atoms with E-state index in [1.807, 2.05) is 0 Å². The first-order chi connectivity index (χ1) is 15.1. The number of hydrogen-bond donors (Lipinski definition) is 3. The molecule has 1 fully saturated rings. The highest BCUT2D eigenvalue weighted by Gasteiger charge is 2.54. The van der Waals surface area contributed by atoms with E-state index in [0.717, 1.165) is 16.2 Å². The van der Waals surface area contributed by atoms with Crippen LogP contribution in [0.5, 0.6) is 0 Å². The molecule has 3 heterocycles. The summed E-state index contributed by atoms with van der Waals surface area (Å²) >= 11 is 5.61. The Labute approximate surface area is 198 Å². The van der Waals surface area contributed by atoms with E-state index >= 15 is 0 Å². The van der Waals surface area contributed by atoms with Crippen LogP contribution in [0.25, 0.3) is 0 Å². The number of carbonyl (C=O) groups is 4. The molecule has 2 aliphatic rings. The van der Waals surface area contributed by atoms with E-state index in [1.54, 1.807) is 6.92 Å². The van der Waals surface area contributed by atoms with Gasteiger partial charge in [-0.3, -0.25) is 19.3 Å². The number of nitrogens with zero attached hydrogens (tertiary/aromatic N) is 3. The first-order valence-electron chi connectivity index (χ1n) is 9.12. The van der Waals surface area contributed by atoms with Crippen molar-refractivity contribution in [3.63, 3.8) is 0 Å². The van der Waals surface area contributed by atoms with Gasteiger partial charge in [0.1, 0.15) is 39.8 Å². The molecule has 12 nitrogen and oxygen atoms in total. The van der Waals surface area contributed by atoms with Gasteiger partial charge in [0.15, 0.2) is 10.8 Å². The molecule has 1 saturated heterocycles. The zero-order chi connectivity index (χ0) is 23.6. The maximum absolute atomic E-state index is 12.9. The predicted octanol–water partition coefficient (Wildman–Crippen LogP) is 0.530. The summed E-state index contributed by atoms with van der Waals surface area (Å²) in [5, 5.41) is 15.5. The Kier molecular flexibility index (Phi) is 7.40. The molecule has 0 spiro atoms. The van der Waals surface area contributed by atoms with Crippen LogP contribution in [0.2, 0.25) is 0 Å². The molecule has 2 amide bonds. The fourth-order valence-corrected chi connectivity index (χ4v) is 5.64. The van der Waals surface area contributed by atoms with Gasteiger partial charge in [0, 0.05) is 18.2 Å². The lowest BCUT2D eigenvalue weighted by Gasteiger charge is -2.49. The van der Waals surface area contributed by atoms with Gasteiger partial charge in [-0.05, 0) is 22.9 Å². The second-order valence-electron chi connectivity index (χ2n) is 6.43. The molecule has 0 aliphatic carbocycles. The number of nitrogen functional groups attached to an aromatic ring is 1. The first-order valence-corrected chi connectivity index (χ1v) is 11.8. The van der Waals surface area contributed by atoms with Crippen molar-refractivity contribution in [1.82, 2.24) is 15.2 Å². The van der Waals surface area contributed by atoms with Gasteiger partial charge in [-0.25, -0.2) is 9.78 Å². The number of esters is 1. The quantitative estimate of drug-likeness (QED) is 0.180. The molecule has 4 N–H and O–H groups in total. The number of nitrogens with two attached hydrogens (primary N) is 1. The molecule has 2 aliphatic heterocycles. The topological polar surface area (TPSA) is 174 Å². The van der Waals surface area contributed by atoms with E-state index in [4.69, 9.17) is 15.3 Å². The number of carboxylic acids is 1. The van der Waals surface area contributed by atoms with Crippen LogP contribution < -0.4 is 11.1 Å². The minimum atomic E-state index is -1.32. The van der Waals surface area contributed by atoms with Crippen LogP contribution >= 0.6 is 39.0 Å². The number of β-lactam (4-membered cyclic amide) rings is 1. The number of carbonyl (C=O) groups excluding carboxylic acids is 3. The number of aromatic nitrogens is 1. The Morgan fingerprint density at radius 1 is 1.44 bits per heavy atom. The number of aliphatic carboxylic acids is 1. The average molecular weight is 548 g/mol. The third kappa shape index (κ3) is 4.73. The number of thiazole rings is 1. The van der Waals surface area contributed by atoms with Crippen molar-refractivity contribution >= 4 is 73.6 Å². The molecule has 32 heavy (non-hydrogen) atoms. The van der Waals surface area contributed by atoms with E-state index in [0.29, 0.717) is 9.36 Å². The lowest BCUT2D eigenvalue weighted by molar-refractivity contribution is -0.150. The number of nitrogens with one attached hydrogen (secondary N) is 1. The van der Waals surface area contributed by atoms with Crippen molar-refractivity contribution in [2.45, 2.75) is 25.3 Å². The molecule has 0 unspecified atom stereocenters. The van der Waals surface area contributed by atoms with Gasteiger partial charge in [0.05, 0.1) is 0 Å². The Hall–Kier alpha value is -2.65. The van der Waals surface area contributed by atoms with Crippen LogP contribution in [-0.4, -0.2) is 74.8 Å². The van der Waals surface area contributed by atoms with Crippen LogP contribution in [-0.2, 0) is 28.8 Å². The number of rotatable bonds is 8. The molecule has 0 aromatic carbocycles. The highest BCUT2D eigenvalue weighted by Crippen LogP contribution is 2.40. The fraction of sp³-hybridized carbons (Fsp3) is 0.412. The minimum absolute atomic E-state index is 0.160. The van der Waals surface area contributed by atoms with Gasteiger partial charge in [-0.2, -0.15) is 0 Å². The molecule has 0 radical (unpaired) electrons. The first kappa shape index (κ1) is 24.0. The summed E-state index contributed by atoms with van der Waals surface area (Å²) in [4.78, 5) is 58.7. The summed E-state index contributed by atoms with van der Waals surface area (Å²) in [5.41, 5.74) is 5.72. The molecule has 1 aromatic heterocycles. The number of halogens is 1. The van der Waals surface area contributed by atoms with E-state index in [9.17, 15) is 24.3 Å². The van der Waals surface area contributed by atoms with Crippen LogP contribution in [0, 0.1) is 0 Å². The van der Waals surface area contributed by atoms with E-state index in [1.165, 1.54) is 18.7 Å². The van der Waals surface area contributed by atoms with Crippen LogP contribution in [0.15, 0.2) is 20.2 Å². The van der Waals surface area contributed by atoms with Crippen molar-refractivity contribution in [3.05, 3.63) is 20.8 Å². The third-order valence-corrected chi connectivity index (χ3v) is 7.19. The summed E-state index contributed by atoms with van der Waals surface area (Å²) in [5.74, 6) is -3.01. The largest absolute Gasteiger partial charge is 0.477 e. The number of amides is 2. The molecule has 3 rings (SSSR count). The summed E-state index contributed by atoms with van der Waals surface area (Å²) in [6.07, 6.45) is 0. The maximum Gasteiger partial charge on any atom is 0.352 e. The number of carboxylic acid groups (broad SMARTS) is 1. The van der Waals surface area contributed by atoms with E-state index < -0.39 is 35.2 Å². The highest BCUT2D eigenvalue weighted by atomic mass is 79.9. The SMILES string of the molecule is CCON=C(C(=O)N[C@@H]1C(=O)N2C(C(=O)O)=C(COC(C)=O)CS[C@H]12)c1nc(N)sc1Br. The van der Waals surface area contributed by atoms with Crippen molar-refractivity contribution in [2.24, 2.45) is 5.16 Å². The molecular weight excluding hydrogens is 530 g/mol. The number of oxime groups is 1. The number of hydrogen-bond acceptors (Lipinski definition) is 11. The zero-order valence-electron chi connectivity index (χ0n) is 16.8. The lowest BCUT2D eigenvalue weighted by Crippen LogP contribution is -2.71. The summed E-state index contributed by atoms with van der Waals surface area (Å²) in [6.45, 7) is 2.85. The maximum atomic E-state index is 12.9. The van der Waals surface area contributed by atoms with Gasteiger partial charge >= 0.3 is 11.9 Å². The molecule has 0 saturated carbocycles. The van der Waals surface area contributed by atoms with Gasteiger partial charge in [0.25, 0.3) is 11.8 Å². The second-order valence-corrected chi connectivity index (χ2v) is 9.88. The van der Waals surface area contributed by atoms with Crippen molar-refractivity contribution in [1.29, 1.82) is 0 Å². The highest BCUT2D eigenvalue weighted by molar-refractivity contribution is 9.11. The molecule has 2 atom stereocenters. The normalized spacial score (nSPS) is 20.4. The minimum Gasteiger partial charge on any atom is -0.477 e. The van der Waals surface area contributed by atoms with Crippen molar-refractivity contribution in [3.8, 4) is 0 Å². The third-order valence-electron chi connectivity index (χ3n) is 4.31. The summed E-state index contributed by atoms with van der Waals surface area (Å²) in [6, 6.07) is -0.987. The Morgan fingerprint density at radius 2 is 2.16 bits per heavy atom. The Morgan fingerprint density at radius 3 is 2.72 bits per heavy atom. The number of anilines is 1. The molecule has 0 bridgehead atoms. The number of ether oxygens (including phenoxy) is 1.